The Hall–Kier alpha value is -1.66. The van der Waals surface area contributed by atoms with Crippen molar-refractivity contribution in [2.24, 2.45) is 0 Å². The highest BCUT2D eigenvalue weighted by Crippen LogP contribution is 2.24. The number of nitrogens with one attached hydrogen (secondary N) is 2. The molecule has 0 amide bonds. The standard InChI is InChI=1S/C16H21N5S/c1-2-22-10-9-19-16-13-5-8-18-11-14(13)20-15(21-16)12-3-6-17-7-4-12/h3-4,6-7,18H,2,5,8-11H2,1H3,(H,19,20,21). The van der Waals surface area contributed by atoms with Crippen molar-refractivity contribution < 1.29 is 0 Å². The average molecular weight is 315 g/mol. The molecule has 0 bridgehead atoms. The van der Waals surface area contributed by atoms with Crippen LogP contribution in [-0.2, 0) is 13.0 Å². The predicted octanol–water partition coefficient (Wildman–Crippen LogP) is 2.35. The van der Waals surface area contributed by atoms with Crippen LogP contribution in [0.1, 0.15) is 18.2 Å². The van der Waals surface area contributed by atoms with Crippen molar-refractivity contribution in [3.63, 3.8) is 0 Å². The minimum absolute atomic E-state index is 0.774. The van der Waals surface area contributed by atoms with Crippen LogP contribution in [0.25, 0.3) is 11.4 Å². The number of hydrogen-bond donors (Lipinski definition) is 2. The first-order valence-corrected chi connectivity index (χ1v) is 8.86. The molecule has 22 heavy (non-hydrogen) atoms. The zero-order valence-electron chi connectivity index (χ0n) is 12.8. The third-order valence-corrected chi connectivity index (χ3v) is 4.52. The van der Waals surface area contributed by atoms with E-state index in [2.05, 4.69) is 22.5 Å². The Bertz CT molecular complexity index is 617. The van der Waals surface area contributed by atoms with Crippen LogP contribution in [0.15, 0.2) is 24.5 Å². The van der Waals surface area contributed by atoms with E-state index >= 15 is 0 Å². The van der Waals surface area contributed by atoms with Crippen LogP contribution >= 0.6 is 11.8 Å². The lowest BCUT2D eigenvalue weighted by Gasteiger charge is -2.20. The number of hydrogen-bond acceptors (Lipinski definition) is 6. The highest BCUT2D eigenvalue weighted by molar-refractivity contribution is 7.99. The van der Waals surface area contributed by atoms with E-state index in [1.165, 1.54) is 5.56 Å². The first-order chi connectivity index (χ1) is 10.9. The lowest BCUT2D eigenvalue weighted by molar-refractivity contribution is 0.625. The van der Waals surface area contributed by atoms with Crippen molar-refractivity contribution in [1.29, 1.82) is 0 Å². The van der Waals surface area contributed by atoms with Crippen LogP contribution in [0.2, 0.25) is 0 Å². The van der Waals surface area contributed by atoms with E-state index in [1.54, 1.807) is 12.4 Å². The summed E-state index contributed by atoms with van der Waals surface area (Å²) in [5.74, 6) is 4.01. The summed E-state index contributed by atoms with van der Waals surface area (Å²) in [5.41, 5.74) is 3.38. The van der Waals surface area contributed by atoms with E-state index in [-0.39, 0.29) is 0 Å². The van der Waals surface area contributed by atoms with Gasteiger partial charge in [-0.2, -0.15) is 11.8 Å². The first-order valence-electron chi connectivity index (χ1n) is 7.71. The van der Waals surface area contributed by atoms with Crippen LogP contribution < -0.4 is 10.6 Å². The maximum Gasteiger partial charge on any atom is 0.161 e. The molecule has 0 saturated carbocycles. The van der Waals surface area contributed by atoms with Gasteiger partial charge in [0.25, 0.3) is 0 Å². The Balaban J connectivity index is 1.89. The fourth-order valence-corrected chi connectivity index (χ4v) is 3.06. The Morgan fingerprint density at radius 2 is 2.14 bits per heavy atom. The van der Waals surface area contributed by atoms with Crippen LogP contribution in [0.5, 0.6) is 0 Å². The number of nitrogens with zero attached hydrogens (tertiary/aromatic N) is 3. The van der Waals surface area contributed by atoms with Gasteiger partial charge in [0.05, 0.1) is 5.69 Å². The van der Waals surface area contributed by atoms with E-state index in [9.17, 15) is 0 Å². The molecule has 0 aliphatic carbocycles. The average Bonchev–Trinajstić information content (AvgIpc) is 2.59. The van der Waals surface area contributed by atoms with Crippen molar-refractivity contribution >= 4 is 17.6 Å². The fourth-order valence-electron chi connectivity index (χ4n) is 2.52. The molecular weight excluding hydrogens is 294 g/mol. The number of pyridine rings is 1. The van der Waals surface area contributed by atoms with Gasteiger partial charge in [0.1, 0.15) is 5.82 Å². The second-order valence-electron chi connectivity index (χ2n) is 5.11. The van der Waals surface area contributed by atoms with Gasteiger partial charge in [0, 0.05) is 42.4 Å². The number of fused-ring (bicyclic) bond motifs is 1. The highest BCUT2D eigenvalue weighted by atomic mass is 32.2. The first kappa shape index (κ1) is 15.2. The van der Waals surface area contributed by atoms with E-state index in [1.807, 2.05) is 23.9 Å². The minimum Gasteiger partial charge on any atom is -0.369 e. The van der Waals surface area contributed by atoms with Crippen molar-refractivity contribution in [3.05, 3.63) is 35.8 Å². The summed E-state index contributed by atoms with van der Waals surface area (Å²) < 4.78 is 0. The molecule has 0 aromatic carbocycles. The van der Waals surface area contributed by atoms with Crippen molar-refractivity contribution in [1.82, 2.24) is 20.3 Å². The lowest BCUT2D eigenvalue weighted by Crippen LogP contribution is -2.27. The molecule has 0 radical (unpaired) electrons. The molecule has 5 nitrogen and oxygen atoms in total. The van der Waals surface area contributed by atoms with Gasteiger partial charge in [-0.1, -0.05) is 6.92 Å². The molecule has 0 fully saturated rings. The molecule has 1 aliphatic rings. The highest BCUT2D eigenvalue weighted by Gasteiger charge is 2.17. The second kappa shape index (κ2) is 7.56. The van der Waals surface area contributed by atoms with Crippen LogP contribution in [0.4, 0.5) is 5.82 Å². The monoisotopic (exact) mass is 315 g/mol. The maximum atomic E-state index is 4.77. The normalized spacial score (nSPS) is 13.7. The van der Waals surface area contributed by atoms with Gasteiger partial charge in [-0.15, -0.1) is 0 Å². The molecule has 0 unspecified atom stereocenters. The quantitative estimate of drug-likeness (QED) is 0.798. The topological polar surface area (TPSA) is 62.7 Å². The molecule has 6 heteroatoms. The summed E-state index contributed by atoms with van der Waals surface area (Å²) in [7, 11) is 0. The van der Waals surface area contributed by atoms with Crippen molar-refractivity contribution in [2.45, 2.75) is 19.9 Å². The molecular formula is C16H21N5S. The largest absolute Gasteiger partial charge is 0.369 e. The fraction of sp³-hybridized carbons (Fsp3) is 0.438. The lowest BCUT2D eigenvalue weighted by atomic mass is 10.1. The molecule has 3 rings (SSSR count). The molecule has 0 atom stereocenters. The summed E-state index contributed by atoms with van der Waals surface area (Å²) in [6, 6.07) is 3.91. The van der Waals surface area contributed by atoms with E-state index < -0.39 is 0 Å². The Morgan fingerprint density at radius 3 is 2.95 bits per heavy atom. The van der Waals surface area contributed by atoms with Crippen LogP contribution in [0.3, 0.4) is 0 Å². The van der Waals surface area contributed by atoms with Gasteiger partial charge in [-0.3, -0.25) is 4.98 Å². The number of aromatic nitrogens is 3. The summed E-state index contributed by atoms with van der Waals surface area (Å²) in [4.78, 5) is 13.6. The Kier molecular flexibility index (Phi) is 5.24. The molecule has 2 aromatic heterocycles. The van der Waals surface area contributed by atoms with Crippen LogP contribution in [0, 0.1) is 0 Å². The summed E-state index contributed by atoms with van der Waals surface area (Å²) in [6.07, 6.45) is 4.54. The van der Waals surface area contributed by atoms with Gasteiger partial charge in [0.2, 0.25) is 0 Å². The van der Waals surface area contributed by atoms with Crippen molar-refractivity contribution in [2.75, 3.05) is 29.9 Å². The van der Waals surface area contributed by atoms with Gasteiger partial charge >= 0.3 is 0 Å². The Labute approximate surface area is 135 Å². The summed E-state index contributed by atoms with van der Waals surface area (Å²) in [5, 5.41) is 6.89. The maximum absolute atomic E-state index is 4.77. The van der Waals surface area contributed by atoms with E-state index in [0.29, 0.717) is 0 Å². The second-order valence-corrected chi connectivity index (χ2v) is 6.50. The SMILES string of the molecule is CCSCCNc1nc(-c2ccncc2)nc2c1CCNC2. The third kappa shape index (κ3) is 3.56. The molecule has 2 N–H and O–H groups in total. The zero-order chi connectivity index (χ0) is 15.2. The van der Waals surface area contributed by atoms with Gasteiger partial charge in [-0.25, -0.2) is 9.97 Å². The van der Waals surface area contributed by atoms with E-state index in [4.69, 9.17) is 9.97 Å². The zero-order valence-corrected chi connectivity index (χ0v) is 13.6. The molecule has 116 valence electrons. The van der Waals surface area contributed by atoms with Gasteiger partial charge < -0.3 is 10.6 Å². The van der Waals surface area contributed by atoms with Gasteiger partial charge in [0.15, 0.2) is 5.82 Å². The summed E-state index contributed by atoms with van der Waals surface area (Å²) >= 11 is 1.94. The number of thioether (sulfide) groups is 1. The molecule has 0 spiro atoms. The molecule has 3 heterocycles. The smallest absolute Gasteiger partial charge is 0.161 e. The van der Waals surface area contributed by atoms with Crippen LogP contribution in [-0.4, -0.2) is 39.5 Å². The van der Waals surface area contributed by atoms with E-state index in [0.717, 1.165) is 60.5 Å². The molecule has 1 aliphatic heterocycles. The molecule has 2 aromatic rings. The van der Waals surface area contributed by atoms with Crippen molar-refractivity contribution in [3.8, 4) is 11.4 Å². The summed E-state index contributed by atoms with van der Waals surface area (Å²) in [6.45, 7) is 4.92. The molecule has 0 saturated heterocycles. The minimum atomic E-state index is 0.774. The number of rotatable bonds is 6. The van der Waals surface area contributed by atoms with Gasteiger partial charge in [-0.05, 0) is 30.9 Å². The third-order valence-electron chi connectivity index (χ3n) is 3.62. The predicted molar refractivity (Wildman–Crippen MR) is 92.2 cm³/mol. The Morgan fingerprint density at radius 1 is 1.27 bits per heavy atom. The number of anilines is 1.